The van der Waals surface area contributed by atoms with E-state index in [2.05, 4.69) is 24.1 Å². The highest BCUT2D eigenvalue weighted by molar-refractivity contribution is 5.78. The number of rotatable bonds is 7. The topological polar surface area (TPSA) is 32.3 Å². The molecule has 1 amide bonds. The minimum atomic E-state index is -0.194. The molecule has 0 radical (unpaired) electrons. The number of halogens is 1. The lowest BCUT2D eigenvalue weighted by atomic mass is 10.2. The molecule has 0 bridgehead atoms. The van der Waals surface area contributed by atoms with Gasteiger partial charge in [-0.15, -0.1) is 0 Å². The molecule has 0 aliphatic heterocycles. The van der Waals surface area contributed by atoms with Crippen LogP contribution in [0.2, 0.25) is 0 Å². The predicted octanol–water partition coefficient (Wildman–Crippen LogP) is 2.56. The van der Waals surface area contributed by atoms with Crippen LogP contribution in [0.25, 0.3) is 0 Å². The number of hydrogen-bond donors (Lipinski definition) is 1. The Hall–Kier alpha value is -1.42. The zero-order chi connectivity index (χ0) is 14.5. The van der Waals surface area contributed by atoms with Crippen molar-refractivity contribution >= 4 is 5.91 Å². The Kier molecular flexibility index (Phi) is 5.12. The third-order valence-corrected chi connectivity index (χ3v) is 3.45. The molecule has 1 aromatic carbocycles. The highest BCUT2D eigenvalue weighted by Gasteiger charge is 2.30. The number of carbonyl (C=O) groups excluding carboxylic acids is 1. The van der Waals surface area contributed by atoms with Crippen LogP contribution in [0.3, 0.4) is 0 Å². The molecule has 1 aliphatic carbocycles. The first-order chi connectivity index (χ1) is 9.56. The van der Waals surface area contributed by atoms with Crippen LogP contribution >= 0.6 is 0 Å². The summed E-state index contributed by atoms with van der Waals surface area (Å²) in [6.07, 6.45) is 2.21. The molecule has 1 aromatic rings. The Bertz CT molecular complexity index is 458. The average Bonchev–Trinajstić information content (AvgIpc) is 3.22. The molecule has 110 valence electrons. The number of carbonyl (C=O) groups is 1. The Labute approximate surface area is 120 Å². The quantitative estimate of drug-likeness (QED) is 0.831. The highest BCUT2D eigenvalue weighted by atomic mass is 19.1. The largest absolute Gasteiger partial charge is 0.355 e. The lowest BCUT2D eigenvalue weighted by molar-refractivity contribution is -0.122. The smallest absolute Gasteiger partial charge is 0.234 e. The maximum atomic E-state index is 13.7. The summed E-state index contributed by atoms with van der Waals surface area (Å²) in [7, 11) is 0. The molecule has 0 unspecified atom stereocenters. The van der Waals surface area contributed by atoms with E-state index in [-0.39, 0.29) is 11.7 Å². The van der Waals surface area contributed by atoms with Crippen LogP contribution in [0, 0.1) is 11.7 Å². The maximum absolute atomic E-state index is 13.7. The molecule has 4 heteroatoms. The second-order valence-corrected chi connectivity index (χ2v) is 5.93. The van der Waals surface area contributed by atoms with E-state index in [9.17, 15) is 9.18 Å². The number of nitrogens with zero attached hydrogens (tertiary/aromatic N) is 1. The summed E-state index contributed by atoms with van der Waals surface area (Å²) in [6, 6.07) is 7.22. The van der Waals surface area contributed by atoms with E-state index < -0.39 is 0 Å². The Morgan fingerprint density at radius 2 is 2.10 bits per heavy atom. The summed E-state index contributed by atoms with van der Waals surface area (Å²) in [5, 5.41) is 2.92. The Morgan fingerprint density at radius 3 is 2.70 bits per heavy atom. The van der Waals surface area contributed by atoms with Crippen molar-refractivity contribution in [2.75, 3.05) is 13.1 Å². The zero-order valence-electron chi connectivity index (χ0n) is 12.2. The van der Waals surface area contributed by atoms with Crippen molar-refractivity contribution in [1.29, 1.82) is 0 Å². The van der Waals surface area contributed by atoms with Gasteiger partial charge in [-0.3, -0.25) is 9.69 Å². The minimum absolute atomic E-state index is 0.0296. The van der Waals surface area contributed by atoms with E-state index in [1.54, 1.807) is 12.1 Å². The molecule has 1 saturated carbocycles. The van der Waals surface area contributed by atoms with Gasteiger partial charge >= 0.3 is 0 Å². The van der Waals surface area contributed by atoms with Crippen molar-refractivity contribution in [3.8, 4) is 0 Å². The first kappa shape index (κ1) is 15.0. The first-order valence-electron chi connectivity index (χ1n) is 7.30. The standard InChI is InChI=1S/C16H23FN2O/c1-12(2)9-18-16(20)11-19(14-7-8-14)10-13-5-3-4-6-15(13)17/h3-6,12,14H,7-11H2,1-2H3,(H,18,20). The Morgan fingerprint density at radius 1 is 1.40 bits per heavy atom. The van der Waals surface area contributed by atoms with Crippen molar-refractivity contribution in [3.63, 3.8) is 0 Å². The van der Waals surface area contributed by atoms with Gasteiger partial charge in [0.15, 0.2) is 0 Å². The van der Waals surface area contributed by atoms with Crippen LogP contribution in [0.4, 0.5) is 4.39 Å². The van der Waals surface area contributed by atoms with Crippen molar-refractivity contribution in [1.82, 2.24) is 10.2 Å². The molecule has 1 fully saturated rings. The van der Waals surface area contributed by atoms with Crippen molar-refractivity contribution < 1.29 is 9.18 Å². The third-order valence-electron chi connectivity index (χ3n) is 3.45. The molecule has 0 atom stereocenters. The third kappa shape index (κ3) is 4.60. The molecule has 1 aliphatic rings. The number of nitrogens with one attached hydrogen (secondary N) is 1. The van der Waals surface area contributed by atoms with Crippen molar-refractivity contribution in [2.45, 2.75) is 39.3 Å². The van der Waals surface area contributed by atoms with Gasteiger partial charge in [-0.25, -0.2) is 4.39 Å². The molecule has 0 spiro atoms. The minimum Gasteiger partial charge on any atom is -0.355 e. The molecular formula is C16H23FN2O. The van der Waals surface area contributed by atoms with Gasteiger partial charge in [-0.05, 0) is 24.8 Å². The van der Waals surface area contributed by atoms with E-state index in [1.807, 2.05) is 6.07 Å². The van der Waals surface area contributed by atoms with Crippen molar-refractivity contribution in [2.24, 2.45) is 5.92 Å². The normalized spacial score (nSPS) is 14.8. The zero-order valence-corrected chi connectivity index (χ0v) is 12.2. The van der Waals surface area contributed by atoms with E-state index in [0.717, 1.165) is 12.8 Å². The maximum Gasteiger partial charge on any atom is 0.234 e. The van der Waals surface area contributed by atoms with Gasteiger partial charge in [0.2, 0.25) is 5.91 Å². The molecular weight excluding hydrogens is 255 g/mol. The number of benzene rings is 1. The summed E-state index contributed by atoms with van der Waals surface area (Å²) in [5.74, 6) is 0.280. The summed E-state index contributed by atoms with van der Waals surface area (Å²) >= 11 is 0. The number of amides is 1. The molecule has 0 saturated heterocycles. The van der Waals surface area contributed by atoms with Gasteiger partial charge in [-0.2, -0.15) is 0 Å². The van der Waals surface area contributed by atoms with Gasteiger partial charge in [0.1, 0.15) is 5.82 Å². The van der Waals surface area contributed by atoms with Crippen LogP contribution in [0.1, 0.15) is 32.3 Å². The van der Waals surface area contributed by atoms with Crippen LogP contribution in [0.5, 0.6) is 0 Å². The molecule has 1 N–H and O–H groups in total. The number of hydrogen-bond acceptors (Lipinski definition) is 2. The van der Waals surface area contributed by atoms with Gasteiger partial charge in [0, 0.05) is 24.7 Å². The molecule has 3 nitrogen and oxygen atoms in total. The summed E-state index contributed by atoms with van der Waals surface area (Å²) < 4.78 is 13.7. The van der Waals surface area contributed by atoms with Gasteiger partial charge in [0.25, 0.3) is 0 Å². The second-order valence-electron chi connectivity index (χ2n) is 5.93. The van der Waals surface area contributed by atoms with E-state index >= 15 is 0 Å². The van der Waals surface area contributed by atoms with Crippen LogP contribution < -0.4 is 5.32 Å². The van der Waals surface area contributed by atoms with E-state index in [4.69, 9.17) is 0 Å². The average molecular weight is 278 g/mol. The fraction of sp³-hybridized carbons (Fsp3) is 0.562. The van der Waals surface area contributed by atoms with Crippen molar-refractivity contribution in [3.05, 3.63) is 35.6 Å². The Balaban J connectivity index is 1.91. The van der Waals surface area contributed by atoms with E-state index in [0.29, 0.717) is 37.2 Å². The van der Waals surface area contributed by atoms with E-state index in [1.165, 1.54) is 6.07 Å². The molecule has 2 rings (SSSR count). The fourth-order valence-corrected chi connectivity index (χ4v) is 2.16. The van der Waals surface area contributed by atoms with Gasteiger partial charge in [0.05, 0.1) is 6.54 Å². The first-order valence-corrected chi connectivity index (χ1v) is 7.30. The SMILES string of the molecule is CC(C)CNC(=O)CN(Cc1ccccc1F)C1CC1. The van der Waals surface area contributed by atoms with Crippen LogP contribution in [0.15, 0.2) is 24.3 Å². The van der Waals surface area contributed by atoms with Gasteiger partial charge in [-0.1, -0.05) is 32.0 Å². The fourth-order valence-electron chi connectivity index (χ4n) is 2.16. The van der Waals surface area contributed by atoms with Crippen LogP contribution in [-0.4, -0.2) is 29.9 Å². The summed E-state index contributed by atoms with van der Waals surface area (Å²) in [5.41, 5.74) is 0.663. The lowest BCUT2D eigenvalue weighted by Crippen LogP contribution is -2.39. The van der Waals surface area contributed by atoms with Crippen LogP contribution in [-0.2, 0) is 11.3 Å². The summed E-state index contributed by atoms with van der Waals surface area (Å²) in [4.78, 5) is 14.0. The lowest BCUT2D eigenvalue weighted by Gasteiger charge is -2.22. The molecule has 20 heavy (non-hydrogen) atoms. The monoisotopic (exact) mass is 278 g/mol. The summed E-state index contributed by atoms with van der Waals surface area (Å²) in [6.45, 7) is 5.69. The highest BCUT2D eigenvalue weighted by Crippen LogP contribution is 2.28. The second kappa shape index (κ2) is 6.84. The molecule has 0 aromatic heterocycles. The predicted molar refractivity (Wildman–Crippen MR) is 77.7 cm³/mol. The molecule has 0 heterocycles. The van der Waals surface area contributed by atoms with Gasteiger partial charge < -0.3 is 5.32 Å².